The molecule has 1 amide bonds. The number of carbonyl (C=O) groups excluding carboxylic acids is 1. The van der Waals surface area contributed by atoms with Crippen LogP contribution in [-0.2, 0) is 11.3 Å². The molecule has 106 valence electrons. The van der Waals surface area contributed by atoms with Crippen LogP contribution in [0.15, 0.2) is 18.2 Å². The van der Waals surface area contributed by atoms with Crippen molar-refractivity contribution < 1.29 is 9.53 Å². The van der Waals surface area contributed by atoms with Crippen LogP contribution in [0, 0.1) is 0 Å². The predicted octanol–water partition coefficient (Wildman–Crippen LogP) is 2.35. The van der Waals surface area contributed by atoms with Gasteiger partial charge in [0, 0.05) is 13.1 Å². The lowest BCUT2D eigenvalue weighted by molar-refractivity contribution is -0.122. The number of nitrogens with one attached hydrogen (secondary N) is 2. The summed E-state index contributed by atoms with van der Waals surface area (Å²) in [4.78, 5) is 11.3. The highest BCUT2D eigenvalue weighted by Gasteiger charge is 2.06. The molecular formula is C14H21ClN2O2. The highest BCUT2D eigenvalue weighted by molar-refractivity contribution is 6.32. The molecule has 0 aliphatic rings. The van der Waals surface area contributed by atoms with Crippen molar-refractivity contribution in [2.75, 3.05) is 19.7 Å². The topological polar surface area (TPSA) is 50.4 Å². The lowest BCUT2D eigenvalue weighted by Crippen LogP contribution is -2.28. The van der Waals surface area contributed by atoms with Crippen LogP contribution in [-0.4, -0.2) is 25.6 Å². The molecule has 0 unspecified atom stereocenters. The second-order valence-corrected chi connectivity index (χ2v) is 4.59. The van der Waals surface area contributed by atoms with Crippen LogP contribution in [0.25, 0.3) is 0 Å². The molecular weight excluding hydrogens is 264 g/mol. The van der Waals surface area contributed by atoms with Crippen molar-refractivity contribution in [1.29, 1.82) is 0 Å². The molecule has 0 saturated heterocycles. The Labute approximate surface area is 119 Å². The molecule has 1 aromatic carbocycles. The van der Waals surface area contributed by atoms with Gasteiger partial charge in [0.1, 0.15) is 5.75 Å². The van der Waals surface area contributed by atoms with E-state index in [9.17, 15) is 4.79 Å². The largest absolute Gasteiger partial charge is 0.482 e. The average molecular weight is 285 g/mol. The van der Waals surface area contributed by atoms with Gasteiger partial charge in [-0.3, -0.25) is 4.79 Å². The number of benzene rings is 1. The minimum Gasteiger partial charge on any atom is -0.482 e. The summed E-state index contributed by atoms with van der Waals surface area (Å²) in [6.07, 6.45) is 1.10. The fourth-order valence-electron chi connectivity index (χ4n) is 1.57. The van der Waals surface area contributed by atoms with Crippen molar-refractivity contribution in [3.8, 4) is 5.75 Å². The third kappa shape index (κ3) is 5.94. The van der Waals surface area contributed by atoms with Crippen molar-refractivity contribution in [2.24, 2.45) is 0 Å². The predicted molar refractivity (Wildman–Crippen MR) is 77.6 cm³/mol. The van der Waals surface area contributed by atoms with Gasteiger partial charge in [0.25, 0.3) is 5.91 Å². The van der Waals surface area contributed by atoms with Gasteiger partial charge in [0.05, 0.1) is 5.02 Å². The van der Waals surface area contributed by atoms with Gasteiger partial charge in [0.2, 0.25) is 0 Å². The Kier molecular flexibility index (Phi) is 7.30. The number of amides is 1. The van der Waals surface area contributed by atoms with Gasteiger partial charge in [-0.05, 0) is 37.6 Å². The number of rotatable bonds is 8. The standard InChI is InChI=1S/C14H21ClN2O2/c1-3-7-16-9-11-5-6-13(12(15)8-11)19-10-14(18)17-4-2/h5-6,8,16H,3-4,7,9-10H2,1-2H3,(H,17,18). The molecule has 0 bridgehead atoms. The Morgan fingerprint density at radius 2 is 2.16 bits per heavy atom. The molecule has 0 aromatic heterocycles. The Hall–Kier alpha value is -1.26. The Balaban J connectivity index is 2.49. The monoisotopic (exact) mass is 284 g/mol. The van der Waals surface area contributed by atoms with Gasteiger partial charge < -0.3 is 15.4 Å². The van der Waals surface area contributed by atoms with Crippen molar-refractivity contribution in [1.82, 2.24) is 10.6 Å². The minimum atomic E-state index is -0.146. The van der Waals surface area contributed by atoms with E-state index < -0.39 is 0 Å². The maximum atomic E-state index is 11.3. The molecule has 4 nitrogen and oxygen atoms in total. The van der Waals surface area contributed by atoms with Crippen molar-refractivity contribution in [3.05, 3.63) is 28.8 Å². The summed E-state index contributed by atoms with van der Waals surface area (Å²) in [5.41, 5.74) is 1.10. The second-order valence-electron chi connectivity index (χ2n) is 4.18. The van der Waals surface area contributed by atoms with E-state index in [2.05, 4.69) is 17.6 Å². The summed E-state index contributed by atoms with van der Waals surface area (Å²) in [5.74, 6) is 0.388. The van der Waals surface area contributed by atoms with Crippen LogP contribution in [0.2, 0.25) is 5.02 Å². The van der Waals surface area contributed by atoms with E-state index >= 15 is 0 Å². The summed E-state index contributed by atoms with van der Waals surface area (Å²) in [7, 11) is 0. The SMILES string of the molecule is CCCNCc1ccc(OCC(=O)NCC)c(Cl)c1. The minimum absolute atomic E-state index is 0.0129. The third-order valence-corrected chi connectivity index (χ3v) is 2.78. The zero-order valence-corrected chi connectivity index (χ0v) is 12.2. The molecule has 0 aliphatic heterocycles. The first-order valence-corrected chi connectivity index (χ1v) is 6.93. The van der Waals surface area contributed by atoms with E-state index in [1.54, 1.807) is 6.07 Å². The van der Waals surface area contributed by atoms with E-state index in [-0.39, 0.29) is 12.5 Å². The van der Waals surface area contributed by atoms with Crippen LogP contribution in [0.5, 0.6) is 5.75 Å². The van der Waals surface area contributed by atoms with E-state index in [4.69, 9.17) is 16.3 Å². The summed E-state index contributed by atoms with van der Waals surface area (Å²) < 4.78 is 5.37. The first-order chi connectivity index (χ1) is 9.17. The fraction of sp³-hybridized carbons (Fsp3) is 0.500. The smallest absolute Gasteiger partial charge is 0.257 e. The molecule has 5 heteroatoms. The zero-order chi connectivity index (χ0) is 14.1. The van der Waals surface area contributed by atoms with Gasteiger partial charge in [-0.2, -0.15) is 0 Å². The van der Waals surface area contributed by atoms with Crippen LogP contribution in [0.1, 0.15) is 25.8 Å². The summed E-state index contributed by atoms with van der Waals surface area (Å²) in [6.45, 7) is 6.33. The average Bonchev–Trinajstić information content (AvgIpc) is 2.38. The van der Waals surface area contributed by atoms with E-state index in [1.807, 2.05) is 19.1 Å². The van der Waals surface area contributed by atoms with Crippen LogP contribution in [0.4, 0.5) is 0 Å². The van der Waals surface area contributed by atoms with Gasteiger partial charge in [-0.25, -0.2) is 0 Å². The van der Waals surface area contributed by atoms with Crippen molar-refractivity contribution in [2.45, 2.75) is 26.8 Å². The maximum absolute atomic E-state index is 11.3. The van der Waals surface area contributed by atoms with E-state index in [1.165, 1.54) is 0 Å². The number of likely N-dealkylation sites (N-methyl/N-ethyl adjacent to an activating group) is 1. The lowest BCUT2D eigenvalue weighted by atomic mass is 10.2. The molecule has 1 rings (SSSR count). The number of hydrogen-bond donors (Lipinski definition) is 2. The summed E-state index contributed by atoms with van der Waals surface area (Å²) in [5, 5.41) is 6.49. The van der Waals surface area contributed by atoms with Gasteiger partial charge in [-0.1, -0.05) is 24.6 Å². The molecule has 0 saturated carbocycles. The Morgan fingerprint density at radius 3 is 2.79 bits per heavy atom. The molecule has 0 atom stereocenters. The van der Waals surface area contributed by atoms with Crippen LogP contribution < -0.4 is 15.4 Å². The van der Waals surface area contributed by atoms with Crippen LogP contribution in [0.3, 0.4) is 0 Å². The van der Waals surface area contributed by atoms with Gasteiger partial charge in [0.15, 0.2) is 6.61 Å². The Bertz CT molecular complexity index is 410. The second kappa shape index (κ2) is 8.77. The molecule has 0 spiro atoms. The number of ether oxygens (including phenoxy) is 1. The number of hydrogen-bond acceptors (Lipinski definition) is 3. The summed E-state index contributed by atoms with van der Waals surface area (Å²) >= 11 is 6.12. The van der Waals surface area contributed by atoms with Crippen molar-refractivity contribution >= 4 is 17.5 Å². The maximum Gasteiger partial charge on any atom is 0.257 e. The van der Waals surface area contributed by atoms with Gasteiger partial charge in [-0.15, -0.1) is 0 Å². The highest BCUT2D eigenvalue weighted by Crippen LogP contribution is 2.25. The molecule has 1 aromatic rings. The lowest BCUT2D eigenvalue weighted by Gasteiger charge is -2.10. The molecule has 2 N–H and O–H groups in total. The normalized spacial score (nSPS) is 10.3. The van der Waals surface area contributed by atoms with E-state index in [0.717, 1.165) is 25.1 Å². The molecule has 0 radical (unpaired) electrons. The highest BCUT2D eigenvalue weighted by atomic mass is 35.5. The number of halogens is 1. The molecule has 19 heavy (non-hydrogen) atoms. The summed E-state index contributed by atoms with van der Waals surface area (Å²) in [6, 6.07) is 5.60. The van der Waals surface area contributed by atoms with Crippen molar-refractivity contribution in [3.63, 3.8) is 0 Å². The van der Waals surface area contributed by atoms with Gasteiger partial charge >= 0.3 is 0 Å². The molecule has 0 aliphatic carbocycles. The first-order valence-electron chi connectivity index (χ1n) is 6.56. The third-order valence-electron chi connectivity index (χ3n) is 2.48. The molecule has 0 heterocycles. The Morgan fingerprint density at radius 1 is 1.37 bits per heavy atom. The molecule has 0 fully saturated rings. The number of carbonyl (C=O) groups is 1. The zero-order valence-electron chi connectivity index (χ0n) is 11.5. The van der Waals surface area contributed by atoms with Crippen LogP contribution >= 0.6 is 11.6 Å². The van der Waals surface area contributed by atoms with E-state index in [0.29, 0.717) is 17.3 Å². The first kappa shape index (κ1) is 15.8. The fourth-order valence-corrected chi connectivity index (χ4v) is 1.83. The quantitative estimate of drug-likeness (QED) is 0.721.